The first kappa shape index (κ1) is 14.3. The van der Waals surface area contributed by atoms with Crippen molar-refractivity contribution in [3.8, 4) is 0 Å². The molecule has 2 rings (SSSR count). The lowest BCUT2D eigenvalue weighted by Gasteiger charge is -2.24. The molecule has 0 amide bonds. The van der Waals surface area contributed by atoms with E-state index in [0.717, 1.165) is 17.6 Å². The number of hydrogen-bond acceptors (Lipinski definition) is 4. The molecule has 1 heterocycles. The second-order valence-corrected chi connectivity index (χ2v) is 5.73. The molecule has 2 N–H and O–H groups in total. The van der Waals surface area contributed by atoms with Crippen LogP contribution in [0.15, 0.2) is 23.8 Å². The van der Waals surface area contributed by atoms with Crippen molar-refractivity contribution in [1.82, 2.24) is 0 Å². The first-order valence-electron chi connectivity index (χ1n) is 6.82. The first-order chi connectivity index (χ1) is 8.90. The number of aliphatic hydroxyl groups excluding tert-OH is 2. The first-order valence-corrected chi connectivity index (χ1v) is 6.82. The van der Waals surface area contributed by atoms with Gasteiger partial charge in [0.2, 0.25) is 0 Å². The van der Waals surface area contributed by atoms with Crippen molar-refractivity contribution in [2.45, 2.75) is 51.4 Å². The summed E-state index contributed by atoms with van der Waals surface area (Å²) in [5.41, 5.74) is 1.46. The standard InChI is InChI=1S/C15H22O4/c1-8-4-5-11-10(3)15(18)19-14(11)6-9(2)13(17)7-12(8)16/h6,10-14,16-17H,1,4-5,7H2,2-3H3/b9-6+/t10-,11+,12-,13+,14-/m1/s1. The van der Waals surface area contributed by atoms with Crippen molar-refractivity contribution in [3.63, 3.8) is 0 Å². The summed E-state index contributed by atoms with van der Waals surface area (Å²) in [6.07, 6.45) is 1.83. The van der Waals surface area contributed by atoms with Gasteiger partial charge in [0.25, 0.3) is 0 Å². The van der Waals surface area contributed by atoms with Crippen LogP contribution in [0.3, 0.4) is 0 Å². The van der Waals surface area contributed by atoms with E-state index in [2.05, 4.69) is 6.58 Å². The van der Waals surface area contributed by atoms with Crippen molar-refractivity contribution in [2.75, 3.05) is 0 Å². The van der Waals surface area contributed by atoms with Gasteiger partial charge in [0.1, 0.15) is 6.10 Å². The van der Waals surface area contributed by atoms with Gasteiger partial charge in [0.15, 0.2) is 0 Å². The lowest BCUT2D eigenvalue weighted by atomic mass is 9.83. The third kappa shape index (κ3) is 2.90. The molecule has 1 saturated heterocycles. The number of carbonyl (C=O) groups excluding carboxylic acids is 1. The van der Waals surface area contributed by atoms with E-state index in [1.54, 1.807) is 6.92 Å². The van der Waals surface area contributed by atoms with Gasteiger partial charge in [-0.05, 0) is 37.0 Å². The Morgan fingerprint density at radius 3 is 2.74 bits per heavy atom. The quantitative estimate of drug-likeness (QED) is 0.516. The molecule has 1 aliphatic heterocycles. The van der Waals surface area contributed by atoms with Crippen LogP contribution in [0.5, 0.6) is 0 Å². The highest BCUT2D eigenvalue weighted by atomic mass is 16.6. The van der Waals surface area contributed by atoms with Crippen LogP contribution in [0.25, 0.3) is 0 Å². The fourth-order valence-electron chi connectivity index (χ4n) is 2.81. The SMILES string of the molecule is C=C1CC[C@@H]2[C@@H](/C=C(\C)[C@@H](O)C[C@H]1O)OC(=O)[C@@H]2C. The molecule has 0 unspecified atom stereocenters. The lowest BCUT2D eigenvalue weighted by Crippen LogP contribution is -2.26. The maximum Gasteiger partial charge on any atom is 0.309 e. The molecule has 0 radical (unpaired) electrons. The van der Waals surface area contributed by atoms with E-state index >= 15 is 0 Å². The number of carbonyl (C=O) groups is 1. The van der Waals surface area contributed by atoms with Gasteiger partial charge in [0.05, 0.1) is 18.1 Å². The molecule has 2 aliphatic rings. The Kier molecular flexibility index (Phi) is 4.11. The molecule has 4 nitrogen and oxygen atoms in total. The van der Waals surface area contributed by atoms with Crippen molar-refractivity contribution in [1.29, 1.82) is 0 Å². The summed E-state index contributed by atoms with van der Waals surface area (Å²) >= 11 is 0. The fraction of sp³-hybridized carbons (Fsp3) is 0.667. The summed E-state index contributed by atoms with van der Waals surface area (Å²) in [6.45, 7) is 7.55. The predicted octanol–water partition coefficient (Wildman–Crippen LogP) is 1.57. The second-order valence-electron chi connectivity index (χ2n) is 5.73. The maximum atomic E-state index is 11.7. The van der Waals surface area contributed by atoms with Gasteiger partial charge >= 0.3 is 5.97 Å². The zero-order valence-electron chi connectivity index (χ0n) is 11.5. The molecule has 19 heavy (non-hydrogen) atoms. The van der Waals surface area contributed by atoms with E-state index < -0.39 is 12.2 Å². The normalized spacial score (nSPS) is 43.2. The minimum absolute atomic E-state index is 0.0942. The number of rotatable bonds is 0. The molecule has 0 saturated carbocycles. The molecule has 0 aromatic heterocycles. The van der Waals surface area contributed by atoms with Gasteiger partial charge in [-0.25, -0.2) is 0 Å². The molecular weight excluding hydrogens is 244 g/mol. The van der Waals surface area contributed by atoms with E-state index in [1.807, 2.05) is 13.0 Å². The summed E-state index contributed by atoms with van der Waals surface area (Å²) < 4.78 is 5.37. The smallest absolute Gasteiger partial charge is 0.309 e. The van der Waals surface area contributed by atoms with Gasteiger partial charge < -0.3 is 14.9 Å². The molecule has 106 valence electrons. The number of hydrogen-bond donors (Lipinski definition) is 2. The van der Waals surface area contributed by atoms with Crippen molar-refractivity contribution < 1.29 is 19.7 Å². The highest BCUT2D eigenvalue weighted by Crippen LogP contribution is 2.35. The summed E-state index contributed by atoms with van der Waals surface area (Å²) in [5, 5.41) is 20.0. The van der Waals surface area contributed by atoms with E-state index in [0.29, 0.717) is 6.42 Å². The molecule has 0 aromatic rings. The Balaban J connectivity index is 2.27. The van der Waals surface area contributed by atoms with E-state index in [-0.39, 0.29) is 30.3 Å². The van der Waals surface area contributed by atoms with Crippen molar-refractivity contribution in [3.05, 3.63) is 23.8 Å². The highest BCUT2D eigenvalue weighted by Gasteiger charge is 2.41. The van der Waals surface area contributed by atoms with Crippen molar-refractivity contribution in [2.24, 2.45) is 11.8 Å². The van der Waals surface area contributed by atoms with Crippen LogP contribution in [0.2, 0.25) is 0 Å². The summed E-state index contributed by atoms with van der Waals surface area (Å²) in [4.78, 5) is 11.7. The van der Waals surface area contributed by atoms with Crippen LogP contribution in [0.1, 0.15) is 33.1 Å². The number of fused-ring (bicyclic) bond motifs is 1. The van der Waals surface area contributed by atoms with Crippen molar-refractivity contribution >= 4 is 5.97 Å². The summed E-state index contributed by atoms with van der Waals surface area (Å²) in [7, 11) is 0. The average molecular weight is 266 g/mol. The van der Waals surface area contributed by atoms with Gasteiger partial charge in [0, 0.05) is 12.3 Å². The highest BCUT2D eigenvalue weighted by molar-refractivity contribution is 5.75. The molecule has 5 atom stereocenters. The Morgan fingerprint density at radius 2 is 2.05 bits per heavy atom. The maximum absolute atomic E-state index is 11.7. The van der Waals surface area contributed by atoms with E-state index in [4.69, 9.17) is 4.74 Å². The van der Waals surface area contributed by atoms with E-state index in [1.165, 1.54) is 0 Å². The number of aliphatic hydroxyl groups is 2. The topological polar surface area (TPSA) is 66.8 Å². The minimum atomic E-state index is -0.722. The van der Waals surface area contributed by atoms with Crippen LogP contribution < -0.4 is 0 Å². The van der Waals surface area contributed by atoms with Crippen LogP contribution in [0, 0.1) is 11.8 Å². The van der Waals surface area contributed by atoms with Gasteiger partial charge in [-0.15, -0.1) is 0 Å². The van der Waals surface area contributed by atoms with Crippen LogP contribution in [-0.2, 0) is 9.53 Å². The molecule has 4 heteroatoms. The molecule has 1 aliphatic carbocycles. The summed E-state index contributed by atoms with van der Waals surface area (Å²) in [5.74, 6) is -0.230. The van der Waals surface area contributed by atoms with Gasteiger partial charge in [-0.3, -0.25) is 4.79 Å². The largest absolute Gasteiger partial charge is 0.458 e. The molecule has 0 spiro atoms. The minimum Gasteiger partial charge on any atom is -0.458 e. The summed E-state index contributed by atoms with van der Waals surface area (Å²) in [6, 6.07) is 0. The van der Waals surface area contributed by atoms with E-state index in [9.17, 15) is 15.0 Å². The monoisotopic (exact) mass is 266 g/mol. The fourth-order valence-corrected chi connectivity index (χ4v) is 2.81. The lowest BCUT2D eigenvalue weighted by molar-refractivity contribution is -0.142. The van der Waals surface area contributed by atoms with Crippen LogP contribution in [-0.4, -0.2) is 34.5 Å². The Labute approximate surface area is 113 Å². The Morgan fingerprint density at radius 1 is 1.37 bits per heavy atom. The number of ether oxygens (including phenoxy) is 1. The molecule has 0 aromatic carbocycles. The van der Waals surface area contributed by atoms with Crippen LogP contribution >= 0.6 is 0 Å². The van der Waals surface area contributed by atoms with Gasteiger partial charge in [-0.2, -0.15) is 0 Å². The predicted molar refractivity (Wildman–Crippen MR) is 71.3 cm³/mol. The Bertz CT molecular complexity index is 412. The molecular formula is C15H22O4. The van der Waals surface area contributed by atoms with Crippen LogP contribution in [0.4, 0.5) is 0 Å². The Hall–Kier alpha value is -1.13. The third-order valence-electron chi connectivity index (χ3n) is 4.36. The third-order valence-corrected chi connectivity index (χ3v) is 4.36. The zero-order chi connectivity index (χ0) is 14.2. The van der Waals surface area contributed by atoms with Gasteiger partial charge in [-0.1, -0.05) is 13.5 Å². The average Bonchev–Trinajstić information content (AvgIpc) is 2.61. The molecule has 1 fully saturated rings. The zero-order valence-corrected chi connectivity index (χ0v) is 11.5. The molecule has 0 bridgehead atoms. The number of esters is 1. The second kappa shape index (κ2) is 5.47.